The number of benzene rings is 1. The van der Waals surface area contributed by atoms with Crippen molar-refractivity contribution in [2.75, 3.05) is 5.43 Å². The monoisotopic (exact) mass is 380 g/mol. The third-order valence-corrected chi connectivity index (χ3v) is 7.09. The summed E-state index contributed by atoms with van der Waals surface area (Å²) in [4.78, 5) is 0. The molecule has 1 aliphatic rings. The molecule has 0 unspecified atom stereocenters. The van der Waals surface area contributed by atoms with E-state index in [0.717, 1.165) is 16.1 Å². The molecule has 2 aromatic rings. The standard InChI is InChI=1S/C17H26N5O3S/c1-17(2,3)26(24,25)21-13-4-7-15(8-5-13)22(23)20-14-6-9-16-12(10-14)11-18-19-16/h6,9-11,13,15,20-21H,4-5,7-8H2,1-3H3,(H,18,19)/q-1. The van der Waals surface area contributed by atoms with E-state index in [1.807, 2.05) is 18.2 Å². The Morgan fingerprint density at radius 3 is 2.58 bits per heavy atom. The number of aromatic nitrogens is 2. The van der Waals surface area contributed by atoms with Crippen molar-refractivity contribution in [3.8, 4) is 0 Å². The summed E-state index contributed by atoms with van der Waals surface area (Å²) in [6, 6.07) is 5.29. The van der Waals surface area contributed by atoms with Crippen LogP contribution in [0.4, 0.5) is 5.69 Å². The van der Waals surface area contributed by atoms with Gasteiger partial charge in [-0.05, 0) is 64.7 Å². The first-order valence-corrected chi connectivity index (χ1v) is 10.3. The maximum absolute atomic E-state index is 12.4. The summed E-state index contributed by atoms with van der Waals surface area (Å²) in [5.41, 5.74) is 4.51. The number of hydroxylamine groups is 1. The van der Waals surface area contributed by atoms with Crippen LogP contribution in [0.15, 0.2) is 24.4 Å². The minimum Gasteiger partial charge on any atom is -0.767 e. The van der Waals surface area contributed by atoms with Gasteiger partial charge in [0.1, 0.15) is 0 Å². The second kappa shape index (κ2) is 7.15. The van der Waals surface area contributed by atoms with E-state index in [9.17, 15) is 13.6 Å². The average molecular weight is 380 g/mol. The molecule has 1 aromatic carbocycles. The highest BCUT2D eigenvalue weighted by molar-refractivity contribution is 7.90. The molecule has 1 heterocycles. The van der Waals surface area contributed by atoms with Crippen LogP contribution in [0.5, 0.6) is 0 Å². The van der Waals surface area contributed by atoms with Gasteiger partial charge in [0.25, 0.3) is 0 Å². The second-order valence-corrected chi connectivity index (χ2v) is 10.3. The molecule has 3 N–H and O–H groups in total. The molecule has 0 amide bonds. The third-order valence-electron chi connectivity index (χ3n) is 4.84. The molecule has 9 heteroatoms. The molecule has 0 spiro atoms. The van der Waals surface area contributed by atoms with Gasteiger partial charge in [-0.3, -0.25) is 10.3 Å². The third kappa shape index (κ3) is 4.17. The van der Waals surface area contributed by atoms with Crippen molar-refractivity contribution in [3.05, 3.63) is 29.6 Å². The minimum atomic E-state index is -3.37. The molecule has 1 saturated carbocycles. The molecule has 0 aliphatic heterocycles. The number of hydrazine groups is 1. The highest BCUT2D eigenvalue weighted by Crippen LogP contribution is 2.26. The lowest BCUT2D eigenvalue weighted by molar-refractivity contribution is 0.232. The molecule has 0 radical (unpaired) electrons. The lowest BCUT2D eigenvalue weighted by atomic mass is 9.92. The summed E-state index contributed by atoms with van der Waals surface area (Å²) in [6.45, 7) is 5.04. The number of aromatic amines is 1. The SMILES string of the molecule is CC(C)(C)S(=O)(=O)NC1CCC(N([O-])Nc2ccc3[nH]ncc3c2)CC1. The van der Waals surface area contributed by atoms with E-state index in [4.69, 9.17) is 0 Å². The maximum Gasteiger partial charge on any atom is 0.216 e. The van der Waals surface area contributed by atoms with Crippen molar-refractivity contribution in [1.82, 2.24) is 20.1 Å². The zero-order chi connectivity index (χ0) is 18.9. The molecule has 1 aliphatic carbocycles. The molecule has 0 atom stereocenters. The highest BCUT2D eigenvalue weighted by atomic mass is 32.2. The van der Waals surface area contributed by atoms with E-state index in [-0.39, 0.29) is 12.1 Å². The van der Waals surface area contributed by atoms with Crippen molar-refractivity contribution in [3.63, 3.8) is 0 Å². The van der Waals surface area contributed by atoms with Crippen molar-refractivity contribution < 1.29 is 8.42 Å². The first-order valence-electron chi connectivity index (χ1n) is 8.84. The van der Waals surface area contributed by atoms with Crippen molar-refractivity contribution in [2.24, 2.45) is 0 Å². The van der Waals surface area contributed by atoms with Crippen LogP contribution in [-0.2, 0) is 10.0 Å². The van der Waals surface area contributed by atoms with Gasteiger partial charge in [0.15, 0.2) is 0 Å². The van der Waals surface area contributed by atoms with Gasteiger partial charge in [-0.1, -0.05) is 0 Å². The van der Waals surface area contributed by atoms with Crippen molar-refractivity contribution in [1.29, 1.82) is 0 Å². The molecule has 144 valence electrons. The van der Waals surface area contributed by atoms with Gasteiger partial charge in [-0.2, -0.15) is 5.10 Å². The van der Waals surface area contributed by atoms with Crippen LogP contribution >= 0.6 is 0 Å². The number of hydrogen-bond donors (Lipinski definition) is 3. The maximum atomic E-state index is 12.4. The summed E-state index contributed by atoms with van der Waals surface area (Å²) < 4.78 is 26.5. The second-order valence-electron chi connectivity index (χ2n) is 7.85. The number of sulfonamides is 1. The zero-order valence-corrected chi connectivity index (χ0v) is 16.1. The van der Waals surface area contributed by atoms with E-state index in [1.54, 1.807) is 27.0 Å². The molecular formula is C17H26N5O3S-. The first-order chi connectivity index (χ1) is 12.2. The molecule has 1 fully saturated rings. The van der Waals surface area contributed by atoms with Crippen LogP contribution in [0.25, 0.3) is 10.9 Å². The molecule has 0 saturated heterocycles. The highest BCUT2D eigenvalue weighted by Gasteiger charge is 2.33. The molecular weight excluding hydrogens is 354 g/mol. The van der Waals surface area contributed by atoms with Gasteiger partial charge >= 0.3 is 0 Å². The quantitative estimate of drug-likeness (QED) is 0.687. The Labute approximate surface area is 153 Å². The lowest BCUT2D eigenvalue weighted by Crippen LogP contribution is -2.48. The van der Waals surface area contributed by atoms with Crippen LogP contribution in [-0.4, -0.2) is 40.6 Å². The fourth-order valence-corrected chi connectivity index (χ4v) is 4.08. The Balaban J connectivity index is 1.54. The predicted molar refractivity (Wildman–Crippen MR) is 103 cm³/mol. The number of nitrogens with zero attached hydrogens (tertiary/aromatic N) is 2. The molecule has 3 rings (SSSR count). The molecule has 1 aromatic heterocycles. The molecule has 0 bridgehead atoms. The Hall–Kier alpha value is -1.68. The number of rotatable bonds is 5. The van der Waals surface area contributed by atoms with Crippen LogP contribution in [0, 0.1) is 5.21 Å². The van der Waals surface area contributed by atoms with E-state index in [2.05, 4.69) is 20.3 Å². The van der Waals surface area contributed by atoms with E-state index >= 15 is 0 Å². The van der Waals surface area contributed by atoms with Gasteiger partial charge in [0, 0.05) is 23.2 Å². The zero-order valence-electron chi connectivity index (χ0n) is 15.3. The summed E-state index contributed by atoms with van der Waals surface area (Å²) in [5.74, 6) is 0. The number of anilines is 1. The normalized spacial score (nSPS) is 22.0. The average Bonchev–Trinajstić information content (AvgIpc) is 3.01. The predicted octanol–water partition coefficient (Wildman–Crippen LogP) is 2.72. The van der Waals surface area contributed by atoms with Crippen molar-refractivity contribution >= 4 is 26.6 Å². The van der Waals surface area contributed by atoms with Crippen LogP contribution < -0.4 is 10.1 Å². The topological polar surface area (TPSA) is 113 Å². The Morgan fingerprint density at radius 2 is 1.92 bits per heavy atom. The van der Waals surface area contributed by atoms with Gasteiger partial charge in [-0.25, -0.2) is 13.1 Å². The van der Waals surface area contributed by atoms with E-state index in [0.29, 0.717) is 31.4 Å². The minimum absolute atomic E-state index is 0.105. The first kappa shape index (κ1) is 19.1. The van der Waals surface area contributed by atoms with Crippen LogP contribution in [0.2, 0.25) is 0 Å². The number of hydrogen-bond acceptors (Lipinski definition) is 6. The summed E-state index contributed by atoms with van der Waals surface area (Å²) in [7, 11) is -3.37. The van der Waals surface area contributed by atoms with Crippen LogP contribution in [0.1, 0.15) is 46.5 Å². The van der Waals surface area contributed by atoms with Gasteiger partial charge in [-0.15, -0.1) is 0 Å². The fourth-order valence-electron chi connectivity index (χ4n) is 3.06. The van der Waals surface area contributed by atoms with Gasteiger partial charge in [0.2, 0.25) is 10.0 Å². The number of nitrogens with one attached hydrogen (secondary N) is 3. The number of fused-ring (bicyclic) bond motifs is 1. The summed E-state index contributed by atoms with van der Waals surface area (Å²) in [6.07, 6.45) is 4.30. The van der Waals surface area contributed by atoms with Gasteiger partial charge < -0.3 is 10.6 Å². The van der Waals surface area contributed by atoms with E-state index < -0.39 is 14.8 Å². The van der Waals surface area contributed by atoms with Crippen LogP contribution in [0.3, 0.4) is 0 Å². The van der Waals surface area contributed by atoms with Crippen molar-refractivity contribution in [2.45, 2.75) is 63.3 Å². The molecule has 26 heavy (non-hydrogen) atoms. The summed E-state index contributed by atoms with van der Waals surface area (Å²) in [5, 5.41) is 21.1. The summed E-state index contributed by atoms with van der Waals surface area (Å²) >= 11 is 0. The number of H-pyrrole nitrogens is 1. The Kier molecular flexibility index (Phi) is 5.25. The molecule has 8 nitrogen and oxygen atoms in total. The lowest BCUT2D eigenvalue weighted by Gasteiger charge is -2.41. The van der Waals surface area contributed by atoms with E-state index in [1.165, 1.54) is 0 Å². The smallest absolute Gasteiger partial charge is 0.216 e. The van der Waals surface area contributed by atoms with Gasteiger partial charge in [0.05, 0.1) is 16.5 Å². The Morgan fingerprint density at radius 1 is 1.23 bits per heavy atom. The Bertz CT molecular complexity index is 851. The fraction of sp³-hybridized carbons (Fsp3) is 0.588. The largest absolute Gasteiger partial charge is 0.767 e.